The summed E-state index contributed by atoms with van der Waals surface area (Å²) in [6.45, 7) is 2.05. The van der Waals surface area contributed by atoms with Gasteiger partial charge in [0.05, 0.1) is 6.54 Å². The molecule has 0 unspecified atom stereocenters. The van der Waals surface area contributed by atoms with Crippen LogP contribution in [0.4, 0.5) is 0 Å². The third-order valence-corrected chi connectivity index (χ3v) is 2.35. The molecule has 1 aromatic rings. The average molecular weight is 276 g/mol. The molecule has 1 heterocycles. The monoisotopic (exact) mass is 275 g/mol. The van der Waals surface area contributed by atoms with E-state index in [0.29, 0.717) is 24.7 Å². The predicted octanol–water partition coefficient (Wildman–Crippen LogP) is 1.56. The van der Waals surface area contributed by atoms with Crippen molar-refractivity contribution < 1.29 is 9.32 Å². The Morgan fingerprint density at radius 2 is 2.33 bits per heavy atom. The number of rotatable bonds is 6. The van der Waals surface area contributed by atoms with E-state index >= 15 is 0 Å². The number of aromatic nitrogens is 2. The fourth-order valence-electron chi connectivity index (χ4n) is 1.05. The minimum absolute atomic E-state index is 0.0202. The molecule has 0 saturated heterocycles. The Morgan fingerprint density at radius 1 is 1.53 bits per heavy atom. The van der Waals surface area contributed by atoms with E-state index in [1.807, 2.05) is 0 Å². The highest BCUT2D eigenvalue weighted by Gasteiger charge is 2.05. The van der Waals surface area contributed by atoms with Crippen molar-refractivity contribution in [2.45, 2.75) is 32.7 Å². The number of carbonyl (C=O) groups is 1. The lowest BCUT2D eigenvalue weighted by Gasteiger charge is -2.00. The van der Waals surface area contributed by atoms with E-state index in [1.165, 1.54) is 0 Å². The van der Waals surface area contributed by atoms with Crippen LogP contribution in [0.15, 0.2) is 4.52 Å². The van der Waals surface area contributed by atoms with Crippen molar-refractivity contribution in [3.63, 3.8) is 0 Å². The molecule has 1 N–H and O–H groups in total. The molecule has 0 saturated carbocycles. The van der Waals surface area contributed by atoms with Crippen molar-refractivity contribution in [2.75, 3.05) is 5.33 Å². The van der Waals surface area contributed by atoms with Gasteiger partial charge in [-0.25, -0.2) is 0 Å². The summed E-state index contributed by atoms with van der Waals surface area (Å²) < 4.78 is 4.86. The van der Waals surface area contributed by atoms with Crippen LogP contribution in [0.3, 0.4) is 0 Å². The number of nitrogens with one attached hydrogen (secondary N) is 1. The number of hydrogen-bond donors (Lipinski definition) is 1. The van der Waals surface area contributed by atoms with E-state index in [0.717, 1.165) is 18.2 Å². The third kappa shape index (κ3) is 4.92. The number of amides is 1. The molecule has 1 aromatic heterocycles. The zero-order valence-electron chi connectivity index (χ0n) is 8.62. The zero-order valence-corrected chi connectivity index (χ0v) is 10.2. The second kappa shape index (κ2) is 6.55. The van der Waals surface area contributed by atoms with Crippen LogP contribution in [0.2, 0.25) is 0 Å². The molecule has 0 spiro atoms. The van der Waals surface area contributed by atoms with Crippen LogP contribution in [0.5, 0.6) is 0 Å². The van der Waals surface area contributed by atoms with Gasteiger partial charge in [0.2, 0.25) is 11.8 Å². The summed E-state index contributed by atoms with van der Waals surface area (Å²) in [5.74, 6) is 1.05. The molecule has 0 aliphatic rings. The molecule has 0 fully saturated rings. The molecule has 5 nitrogen and oxygen atoms in total. The first-order valence-electron chi connectivity index (χ1n) is 4.84. The number of unbranched alkanes of at least 4 members (excludes halogenated alkanes) is 1. The van der Waals surface area contributed by atoms with Crippen LogP contribution in [0.25, 0.3) is 0 Å². The van der Waals surface area contributed by atoms with Crippen molar-refractivity contribution in [3.8, 4) is 0 Å². The third-order valence-electron chi connectivity index (χ3n) is 1.79. The minimum Gasteiger partial charge on any atom is -0.347 e. The number of aryl methyl sites for hydroxylation is 1. The molecular formula is C9H14BrN3O2. The summed E-state index contributed by atoms with van der Waals surface area (Å²) in [6, 6.07) is 0. The molecule has 0 bridgehead atoms. The summed E-state index contributed by atoms with van der Waals surface area (Å²) in [5.41, 5.74) is 0. The van der Waals surface area contributed by atoms with Gasteiger partial charge in [0, 0.05) is 11.8 Å². The van der Waals surface area contributed by atoms with Gasteiger partial charge in [-0.05, 0) is 19.8 Å². The standard InChI is InChI=1S/C9H14BrN3O2/c1-7-12-9(15-13-7)6-11-8(14)4-2-3-5-10/h2-6H2,1H3,(H,11,14). The van der Waals surface area contributed by atoms with Gasteiger partial charge in [-0.3, -0.25) is 4.79 Å². The molecule has 0 aromatic carbocycles. The van der Waals surface area contributed by atoms with Gasteiger partial charge < -0.3 is 9.84 Å². The Bertz CT molecular complexity index is 314. The van der Waals surface area contributed by atoms with Crippen LogP contribution in [-0.2, 0) is 11.3 Å². The van der Waals surface area contributed by atoms with E-state index in [2.05, 4.69) is 31.4 Å². The lowest BCUT2D eigenvalue weighted by molar-refractivity contribution is -0.121. The Hall–Kier alpha value is -0.910. The fraction of sp³-hybridized carbons (Fsp3) is 0.667. The van der Waals surface area contributed by atoms with E-state index < -0.39 is 0 Å². The van der Waals surface area contributed by atoms with Gasteiger partial charge in [-0.15, -0.1) is 0 Å². The van der Waals surface area contributed by atoms with Gasteiger partial charge >= 0.3 is 0 Å². The highest BCUT2D eigenvalue weighted by Crippen LogP contribution is 1.99. The number of halogens is 1. The van der Waals surface area contributed by atoms with Crippen molar-refractivity contribution in [3.05, 3.63) is 11.7 Å². The summed E-state index contributed by atoms with van der Waals surface area (Å²) in [6.07, 6.45) is 2.44. The first-order valence-corrected chi connectivity index (χ1v) is 5.96. The maximum absolute atomic E-state index is 11.3. The summed E-state index contributed by atoms with van der Waals surface area (Å²) in [5, 5.41) is 7.28. The summed E-state index contributed by atoms with van der Waals surface area (Å²) in [4.78, 5) is 15.3. The largest absolute Gasteiger partial charge is 0.347 e. The van der Waals surface area contributed by atoms with E-state index in [-0.39, 0.29) is 5.91 Å². The first-order chi connectivity index (χ1) is 7.22. The molecule has 0 radical (unpaired) electrons. The Balaban J connectivity index is 2.16. The van der Waals surface area contributed by atoms with E-state index in [9.17, 15) is 4.79 Å². The number of alkyl halides is 1. The van der Waals surface area contributed by atoms with Gasteiger partial charge in [0.1, 0.15) is 0 Å². The van der Waals surface area contributed by atoms with Crippen LogP contribution >= 0.6 is 15.9 Å². The van der Waals surface area contributed by atoms with E-state index in [1.54, 1.807) is 6.92 Å². The molecule has 0 aliphatic heterocycles. The Labute approximate surface area is 96.7 Å². The molecule has 84 valence electrons. The molecule has 0 aliphatic carbocycles. The summed E-state index contributed by atoms with van der Waals surface area (Å²) in [7, 11) is 0. The number of hydrogen-bond acceptors (Lipinski definition) is 4. The minimum atomic E-state index is 0.0202. The Morgan fingerprint density at radius 3 is 2.93 bits per heavy atom. The lowest BCUT2D eigenvalue weighted by atomic mass is 10.2. The lowest BCUT2D eigenvalue weighted by Crippen LogP contribution is -2.22. The van der Waals surface area contributed by atoms with Gasteiger partial charge in [-0.1, -0.05) is 21.1 Å². The predicted molar refractivity (Wildman–Crippen MR) is 58.5 cm³/mol. The Kier molecular flexibility index (Phi) is 5.31. The maximum Gasteiger partial charge on any atom is 0.246 e. The number of nitrogens with zero attached hydrogens (tertiary/aromatic N) is 2. The molecule has 6 heteroatoms. The highest BCUT2D eigenvalue weighted by molar-refractivity contribution is 9.09. The normalized spacial score (nSPS) is 10.3. The van der Waals surface area contributed by atoms with Gasteiger partial charge in [0.25, 0.3) is 0 Å². The number of carbonyl (C=O) groups excluding carboxylic acids is 1. The highest BCUT2D eigenvalue weighted by atomic mass is 79.9. The van der Waals surface area contributed by atoms with Gasteiger partial charge in [-0.2, -0.15) is 4.98 Å². The topological polar surface area (TPSA) is 68.0 Å². The quantitative estimate of drug-likeness (QED) is 0.632. The zero-order chi connectivity index (χ0) is 11.1. The summed E-state index contributed by atoms with van der Waals surface area (Å²) >= 11 is 3.31. The molecular weight excluding hydrogens is 262 g/mol. The molecule has 15 heavy (non-hydrogen) atoms. The van der Waals surface area contributed by atoms with Crippen LogP contribution in [0, 0.1) is 6.92 Å². The average Bonchev–Trinajstić information content (AvgIpc) is 2.62. The van der Waals surface area contributed by atoms with Crippen LogP contribution in [-0.4, -0.2) is 21.4 Å². The molecule has 1 rings (SSSR count). The second-order valence-electron chi connectivity index (χ2n) is 3.16. The maximum atomic E-state index is 11.3. The van der Waals surface area contributed by atoms with Crippen molar-refractivity contribution in [1.29, 1.82) is 0 Å². The van der Waals surface area contributed by atoms with Crippen LogP contribution in [0.1, 0.15) is 31.0 Å². The fourth-order valence-corrected chi connectivity index (χ4v) is 1.45. The van der Waals surface area contributed by atoms with Crippen molar-refractivity contribution in [1.82, 2.24) is 15.5 Å². The van der Waals surface area contributed by atoms with Crippen molar-refractivity contribution in [2.24, 2.45) is 0 Å². The van der Waals surface area contributed by atoms with Crippen molar-refractivity contribution >= 4 is 21.8 Å². The molecule has 1 amide bonds. The van der Waals surface area contributed by atoms with Crippen LogP contribution < -0.4 is 5.32 Å². The van der Waals surface area contributed by atoms with Gasteiger partial charge in [0.15, 0.2) is 5.82 Å². The molecule has 0 atom stereocenters. The van der Waals surface area contributed by atoms with E-state index in [4.69, 9.17) is 4.52 Å². The SMILES string of the molecule is Cc1noc(CNC(=O)CCCCBr)n1. The smallest absolute Gasteiger partial charge is 0.246 e. The second-order valence-corrected chi connectivity index (χ2v) is 3.95. The first kappa shape index (κ1) is 12.2.